The van der Waals surface area contributed by atoms with Crippen LogP contribution in [0.2, 0.25) is 0 Å². The number of phenols is 1. The molecule has 2 rings (SSSR count). The van der Waals surface area contributed by atoms with Crippen LogP contribution in [0, 0.1) is 0 Å². The Morgan fingerprint density at radius 2 is 1.68 bits per heavy atom. The van der Waals surface area contributed by atoms with Crippen LogP contribution in [-0.4, -0.2) is 31.5 Å². The van der Waals surface area contributed by atoms with Gasteiger partial charge in [-0.05, 0) is 31.2 Å². The van der Waals surface area contributed by atoms with Gasteiger partial charge in [0, 0.05) is 7.05 Å². The number of carbonyl (C=O) groups excluding carboxylic acids is 1. The molecule has 2 aromatic rings. The smallest absolute Gasteiger partial charge is 0.412 e. The molecular weight excluding hydrogens is 322 g/mol. The summed E-state index contributed by atoms with van der Waals surface area (Å²) in [6.07, 6.45) is 1.10. The van der Waals surface area contributed by atoms with Crippen molar-refractivity contribution in [3.8, 4) is 23.0 Å². The van der Waals surface area contributed by atoms with Gasteiger partial charge in [0.2, 0.25) is 0 Å². The minimum absolute atomic E-state index is 0.198. The normalized spacial score (nSPS) is 9.20. The molecule has 25 heavy (non-hydrogen) atoms. The van der Waals surface area contributed by atoms with Crippen LogP contribution in [0.1, 0.15) is 6.92 Å². The number of phenolic OH excluding ortho intramolecular Hbond substituents is 1. The van der Waals surface area contributed by atoms with Crippen molar-refractivity contribution in [2.24, 2.45) is 0 Å². The summed E-state index contributed by atoms with van der Waals surface area (Å²) in [5.41, 5.74) is 0. The van der Waals surface area contributed by atoms with Gasteiger partial charge in [0.15, 0.2) is 23.0 Å². The van der Waals surface area contributed by atoms with Crippen LogP contribution in [0.3, 0.4) is 0 Å². The van der Waals surface area contributed by atoms with Crippen LogP contribution in [0.4, 0.5) is 4.79 Å². The summed E-state index contributed by atoms with van der Waals surface area (Å²) in [7, 11) is 1.50. The molecule has 0 unspecified atom stereocenters. The lowest BCUT2D eigenvalue weighted by Crippen LogP contribution is -2.22. The monoisotopic (exact) mass is 345 g/mol. The van der Waals surface area contributed by atoms with Crippen LogP contribution in [0.5, 0.6) is 23.0 Å². The lowest BCUT2D eigenvalue weighted by molar-refractivity contribution is 0.200. The second kappa shape index (κ2) is 11.4. The Hall–Kier alpha value is -3.15. The zero-order valence-electron chi connectivity index (χ0n) is 14.4. The molecule has 134 valence electrons. The molecule has 2 N–H and O–H groups in total. The standard InChI is InChI=1S/C11H13NO3.C8H10O2/c1-3-8-14-9-6-4-5-7-10(9)15-11(13)12-2;1-2-10-8-6-4-3-5-7(8)9/h3-7H,1,8H2,2H3,(H,12,13);3-6,9H,2H2,1H3. The predicted octanol–water partition coefficient (Wildman–Crippen LogP) is 3.76. The molecular formula is C19H23NO5. The van der Waals surface area contributed by atoms with Gasteiger partial charge >= 0.3 is 6.09 Å². The van der Waals surface area contributed by atoms with Crippen molar-refractivity contribution in [3.05, 3.63) is 61.2 Å². The number of amides is 1. The van der Waals surface area contributed by atoms with E-state index in [0.29, 0.717) is 30.5 Å². The molecule has 2 aromatic carbocycles. The molecule has 0 saturated carbocycles. The van der Waals surface area contributed by atoms with E-state index >= 15 is 0 Å². The summed E-state index contributed by atoms with van der Waals surface area (Å²) < 4.78 is 15.4. The van der Waals surface area contributed by atoms with Crippen molar-refractivity contribution in [1.82, 2.24) is 5.32 Å². The van der Waals surface area contributed by atoms with Gasteiger partial charge in [0.1, 0.15) is 6.61 Å². The van der Waals surface area contributed by atoms with E-state index in [0.717, 1.165) is 0 Å². The highest BCUT2D eigenvalue weighted by Gasteiger charge is 2.07. The Balaban J connectivity index is 0.000000271. The highest BCUT2D eigenvalue weighted by Crippen LogP contribution is 2.26. The molecule has 0 spiro atoms. The van der Waals surface area contributed by atoms with Gasteiger partial charge in [-0.15, -0.1) is 0 Å². The zero-order valence-corrected chi connectivity index (χ0v) is 14.4. The summed E-state index contributed by atoms with van der Waals surface area (Å²) in [5, 5.41) is 11.5. The van der Waals surface area contributed by atoms with Crippen LogP contribution in [0.15, 0.2) is 61.2 Å². The number of ether oxygens (including phenoxy) is 3. The minimum atomic E-state index is -0.523. The molecule has 0 heterocycles. The average molecular weight is 345 g/mol. The molecule has 0 radical (unpaired) electrons. The highest BCUT2D eigenvalue weighted by atomic mass is 16.6. The first-order valence-corrected chi connectivity index (χ1v) is 7.75. The number of carbonyl (C=O) groups is 1. The van der Waals surface area contributed by atoms with Crippen LogP contribution in [-0.2, 0) is 0 Å². The Labute approximate surface area is 147 Å². The van der Waals surface area contributed by atoms with E-state index in [2.05, 4.69) is 11.9 Å². The lowest BCUT2D eigenvalue weighted by Gasteiger charge is -2.09. The second-order valence-electron chi connectivity index (χ2n) is 4.59. The SMILES string of the molecule is C=CCOc1ccccc1OC(=O)NC.CCOc1ccccc1O. The summed E-state index contributed by atoms with van der Waals surface area (Å²) in [6.45, 7) is 6.37. The second-order valence-corrected chi connectivity index (χ2v) is 4.59. The van der Waals surface area contributed by atoms with Crippen molar-refractivity contribution in [2.45, 2.75) is 6.92 Å². The predicted molar refractivity (Wildman–Crippen MR) is 96.5 cm³/mol. The van der Waals surface area contributed by atoms with Gasteiger partial charge in [0.05, 0.1) is 6.61 Å². The average Bonchev–Trinajstić information content (AvgIpc) is 2.63. The van der Waals surface area contributed by atoms with E-state index < -0.39 is 6.09 Å². The maximum absolute atomic E-state index is 11.0. The molecule has 6 heteroatoms. The van der Waals surface area contributed by atoms with Crippen molar-refractivity contribution in [2.75, 3.05) is 20.3 Å². The molecule has 1 amide bonds. The molecule has 0 aliphatic carbocycles. The Bertz CT molecular complexity index is 672. The fourth-order valence-electron chi connectivity index (χ4n) is 1.69. The first-order chi connectivity index (χ1) is 12.1. The largest absolute Gasteiger partial charge is 0.504 e. The van der Waals surface area contributed by atoms with E-state index in [1.807, 2.05) is 13.0 Å². The van der Waals surface area contributed by atoms with Crippen molar-refractivity contribution in [1.29, 1.82) is 0 Å². The summed E-state index contributed by atoms with van der Waals surface area (Å²) >= 11 is 0. The fraction of sp³-hybridized carbons (Fsp3) is 0.211. The number of benzene rings is 2. The number of rotatable bonds is 6. The fourth-order valence-corrected chi connectivity index (χ4v) is 1.69. The van der Waals surface area contributed by atoms with E-state index in [4.69, 9.17) is 19.3 Å². The van der Waals surface area contributed by atoms with Gasteiger partial charge in [-0.25, -0.2) is 4.79 Å². The minimum Gasteiger partial charge on any atom is -0.504 e. The van der Waals surface area contributed by atoms with Crippen molar-refractivity contribution in [3.63, 3.8) is 0 Å². The quantitative estimate of drug-likeness (QED) is 0.780. The number of aromatic hydroxyl groups is 1. The van der Waals surface area contributed by atoms with E-state index in [-0.39, 0.29) is 5.75 Å². The van der Waals surface area contributed by atoms with Gasteiger partial charge < -0.3 is 24.6 Å². The Kier molecular flexibility index (Phi) is 9.07. The number of hydrogen-bond donors (Lipinski definition) is 2. The molecule has 0 aliphatic heterocycles. The van der Waals surface area contributed by atoms with Crippen molar-refractivity contribution >= 4 is 6.09 Å². The summed E-state index contributed by atoms with van der Waals surface area (Å²) in [4.78, 5) is 11.0. The van der Waals surface area contributed by atoms with Crippen LogP contribution >= 0.6 is 0 Å². The third-order valence-electron chi connectivity index (χ3n) is 2.78. The molecule has 0 bridgehead atoms. The van der Waals surface area contributed by atoms with E-state index in [1.54, 1.807) is 48.5 Å². The van der Waals surface area contributed by atoms with Gasteiger partial charge in [-0.1, -0.05) is 36.9 Å². The maximum Gasteiger partial charge on any atom is 0.412 e. The molecule has 0 aromatic heterocycles. The topological polar surface area (TPSA) is 77.0 Å². The third-order valence-corrected chi connectivity index (χ3v) is 2.78. The Morgan fingerprint density at radius 3 is 2.24 bits per heavy atom. The van der Waals surface area contributed by atoms with E-state index in [1.165, 1.54) is 7.05 Å². The molecule has 0 fully saturated rings. The maximum atomic E-state index is 11.0. The third kappa shape index (κ3) is 7.30. The van der Waals surface area contributed by atoms with Crippen molar-refractivity contribution < 1.29 is 24.1 Å². The van der Waals surface area contributed by atoms with E-state index in [9.17, 15) is 4.79 Å². The van der Waals surface area contributed by atoms with Gasteiger partial charge in [-0.3, -0.25) is 0 Å². The number of hydrogen-bond acceptors (Lipinski definition) is 5. The first-order valence-electron chi connectivity index (χ1n) is 7.75. The van der Waals surface area contributed by atoms with Gasteiger partial charge in [0.25, 0.3) is 0 Å². The number of para-hydroxylation sites is 4. The van der Waals surface area contributed by atoms with Crippen LogP contribution in [0.25, 0.3) is 0 Å². The highest BCUT2D eigenvalue weighted by molar-refractivity contribution is 5.70. The Morgan fingerprint density at radius 1 is 1.08 bits per heavy atom. The summed E-state index contributed by atoms with van der Waals surface area (Å²) in [6, 6.07) is 13.9. The zero-order chi connectivity index (χ0) is 18.5. The molecule has 0 saturated heterocycles. The number of nitrogens with one attached hydrogen (secondary N) is 1. The molecule has 6 nitrogen and oxygen atoms in total. The lowest BCUT2D eigenvalue weighted by atomic mass is 10.3. The molecule has 0 atom stereocenters. The summed E-state index contributed by atoms with van der Waals surface area (Å²) in [5.74, 6) is 1.65. The van der Waals surface area contributed by atoms with Gasteiger partial charge in [-0.2, -0.15) is 0 Å². The van der Waals surface area contributed by atoms with Crippen LogP contribution < -0.4 is 19.5 Å². The first kappa shape index (κ1) is 19.9. The molecule has 0 aliphatic rings.